The summed E-state index contributed by atoms with van der Waals surface area (Å²) in [5.74, 6) is -0.925. The van der Waals surface area contributed by atoms with Gasteiger partial charge in [-0.05, 0) is 37.3 Å². The zero-order valence-electron chi connectivity index (χ0n) is 11.4. The van der Waals surface area contributed by atoms with Gasteiger partial charge in [-0.25, -0.2) is 0 Å². The van der Waals surface area contributed by atoms with Gasteiger partial charge in [0, 0.05) is 19.6 Å². The second kappa shape index (κ2) is 5.72. The van der Waals surface area contributed by atoms with Crippen LogP contribution >= 0.6 is 0 Å². The summed E-state index contributed by atoms with van der Waals surface area (Å²) in [6.45, 7) is 4.29. The van der Waals surface area contributed by atoms with E-state index in [0.29, 0.717) is 6.42 Å². The minimum absolute atomic E-state index is 0.485. The zero-order valence-corrected chi connectivity index (χ0v) is 11.4. The molecular formula is C15H22N2O2. The lowest BCUT2D eigenvalue weighted by atomic mass is 9.99. The Kier molecular flexibility index (Phi) is 4.22. The maximum Gasteiger partial charge on any atom is 0.323 e. The van der Waals surface area contributed by atoms with Crippen molar-refractivity contribution < 1.29 is 9.90 Å². The van der Waals surface area contributed by atoms with Gasteiger partial charge in [-0.2, -0.15) is 0 Å². The van der Waals surface area contributed by atoms with Crippen LogP contribution in [0.25, 0.3) is 0 Å². The molecule has 1 heterocycles. The Labute approximate surface area is 114 Å². The number of fused-ring (bicyclic) bond motifs is 1. The van der Waals surface area contributed by atoms with Crippen LogP contribution in [-0.2, 0) is 17.6 Å². The highest BCUT2D eigenvalue weighted by Gasteiger charge is 2.28. The lowest BCUT2D eigenvalue weighted by molar-refractivity contribution is -0.143. The van der Waals surface area contributed by atoms with Crippen molar-refractivity contribution in [3.05, 3.63) is 35.4 Å². The molecule has 1 aromatic rings. The molecule has 1 aromatic carbocycles. The molecule has 1 aliphatic rings. The minimum atomic E-state index is -1.13. The number of aliphatic carboxylic acids is 1. The molecule has 1 unspecified atom stereocenters. The van der Waals surface area contributed by atoms with E-state index in [1.165, 1.54) is 11.1 Å². The van der Waals surface area contributed by atoms with Gasteiger partial charge in [0.15, 0.2) is 0 Å². The quantitative estimate of drug-likeness (QED) is 0.858. The molecule has 104 valence electrons. The van der Waals surface area contributed by atoms with Crippen LogP contribution in [-0.4, -0.2) is 41.1 Å². The summed E-state index contributed by atoms with van der Waals surface area (Å²) < 4.78 is 0. The van der Waals surface area contributed by atoms with Crippen molar-refractivity contribution in [2.75, 3.05) is 19.6 Å². The van der Waals surface area contributed by atoms with E-state index >= 15 is 0 Å². The van der Waals surface area contributed by atoms with Crippen LogP contribution in [0.3, 0.4) is 0 Å². The summed E-state index contributed by atoms with van der Waals surface area (Å²) in [5, 5.41) is 9.02. The molecule has 0 saturated heterocycles. The van der Waals surface area contributed by atoms with Gasteiger partial charge in [-0.1, -0.05) is 24.3 Å². The lowest BCUT2D eigenvalue weighted by Crippen LogP contribution is -2.47. The molecule has 4 nitrogen and oxygen atoms in total. The van der Waals surface area contributed by atoms with Crippen LogP contribution in [0.5, 0.6) is 0 Å². The Morgan fingerprint density at radius 2 is 1.84 bits per heavy atom. The molecule has 1 atom stereocenters. The summed E-state index contributed by atoms with van der Waals surface area (Å²) in [7, 11) is 0. The van der Waals surface area contributed by atoms with Crippen LogP contribution in [0, 0.1) is 0 Å². The van der Waals surface area contributed by atoms with Gasteiger partial charge in [0.1, 0.15) is 5.54 Å². The van der Waals surface area contributed by atoms with E-state index in [0.717, 1.165) is 32.5 Å². The number of hydrogen-bond donors (Lipinski definition) is 2. The third kappa shape index (κ3) is 3.55. The van der Waals surface area contributed by atoms with E-state index in [1.54, 1.807) is 6.92 Å². The highest BCUT2D eigenvalue weighted by molar-refractivity contribution is 5.77. The number of carbonyl (C=O) groups is 1. The molecule has 0 saturated carbocycles. The molecule has 0 aromatic heterocycles. The van der Waals surface area contributed by atoms with E-state index in [4.69, 9.17) is 10.8 Å². The Hall–Kier alpha value is -1.39. The van der Waals surface area contributed by atoms with Gasteiger partial charge < -0.3 is 15.7 Å². The largest absolute Gasteiger partial charge is 0.480 e. The van der Waals surface area contributed by atoms with Gasteiger partial charge >= 0.3 is 5.97 Å². The average Bonchev–Trinajstić information content (AvgIpc) is 2.59. The number of nitrogens with zero attached hydrogens (tertiary/aromatic N) is 1. The van der Waals surface area contributed by atoms with Crippen molar-refractivity contribution >= 4 is 5.97 Å². The minimum Gasteiger partial charge on any atom is -0.480 e. The molecule has 3 N–H and O–H groups in total. The van der Waals surface area contributed by atoms with E-state index in [-0.39, 0.29) is 0 Å². The van der Waals surface area contributed by atoms with Crippen molar-refractivity contribution in [3.63, 3.8) is 0 Å². The van der Waals surface area contributed by atoms with E-state index in [1.807, 2.05) is 0 Å². The average molecular weight is 262 g/mol. The predicted molar refractivity (Wildman–Crippen MR) is 75.1 cm³/mol. The standard InChI is InChI=1S/C15H22N2O2/c1-15(16,14(18)19)8-11-17-9-6-12-4-2-3-5-13(12)7-10-17/h2-5H,6-11,16H2,1H3,(H,18,19). The third-order valence-corrected chi connectivity index (χ3v) is 3.95. The monoisotopic (exact) mass is 262 g/mol. The molecule has 4 heteroatoms. The summed E-state index contributed by atoms with van der Waals surface area (Å²) in [6.07, 6.45) is 2.55. The van der Waals surface area contributed by atoms with Crippen LogP contribution in [0.15, 0.2) is 24.3 Å². The van der Waals surface area contributed by atoms with Crippen LogP contribution in [0.2, 0.25) is 0 Å². The van der Waals surface area contributed by atoms with Crippen molar-refractivity contribution in [2.45, 2.75) is 31.7 Å². The normalized spacial score (nSPS) is 19.3. The number of hydrogen-bond acceptors (Lipinski definition) is 3. The summed E-state index contributed by atoms with van der Waals surface area (Å²) in [6, 6.07) is 8.53. The van der Waals surface area contributed by atoms with Crippen molar-refractivity contribution in [2.24, 2.45) is 5.73 Å². The molecule has 0 aliphatic carbocycles. The molecule has 0 bridgehead atoms. The van der Waals surface area contributed by atoms with E-state index in [9.17, 15) is 4.79 Å². The van der Waals surface area contributed by atoms with E-state index in [2.05, 4.69) is 29.2 Å². The van der Waals surface area contributed by atoms with Gasteiger partial charge in [0.05, 0.1) is 0 Å². The van der Waals surface area contributed by atoms with Crippen molar-refractivity contribution in [3.8, 4) is 0 Å². The van der Waals surface area contributed by atoms with Crippen molar-refractivity contribution in [1.29, 1.82) is 0 Å². The predicted octanol–water partition coefficient (Wildman–Crippen LogP) is 1.28. The fraction of sp³-hybridized carbons (Fsp3) is 0.533. The molecule has 2 rings (SSSR count). The SMILES string of the molecule is CC(N)(CCN1CCc2ccccc2CC1)C(=O)O. The van der Waals surface area contributed by atoms with Gasteiger partial charge in [-0.15, -0.1) is 0 Å². The third-order valence-electron chi connectivity index (χ3n) is 3.95. The number of carboxylic acids is 1. The molecule has 0 radical (unpaired) electrons. The molecule has 0 amide bonds. The zero-order chi connectivity index (χ0) is 13.9. The maximum absolute atomic E-state index is 11.0. The lowest BCUT2D eigenvalue weighted by Gasteiger charge is -2.25. The number of nitrogens with two attached hydrogens (primary N) is 1. The Morgan fingerprint density at radius 1 is 1.32 bits per heavy atom. The topological polar surface area (TPSA) is 66.6 Å². The second-order valence-corrected chi connectivity index (χ2v) is 5.58. The Morgan fingerprint density at radius 3 is 2.32 bits per heavy atom. The second-order valence-electron chi connectivity index (χ2n) is 5.58. The molecule has 0 fully saturated rings. The number of rotatable bonds is 4. The summed E-state index contributed by atoms with van der Waals surface area (Å²) in [4.78, 5) is 13.3. The number of benzene rings is 1. The van der Waals surface area contributed by atoms with Crippen LogP contribution in [0.4, 0.5) is 0 Å². The van der Waals surface area contributed by atoms with Crippen LogP contribution < -0.4 is 5.73 Å². The highest BCUT2D eigenvalue weighted by atomic mass is 16.4. The van der Waals surface area contributed by atoms with E-state index < -0.39 is 11.5 Å². The maximum atomic E-state index is 11.0. The smallest absolute Gasteiger partial charge is 0.323 e. The molecule has 19 heavy (non-hydrogen) atoms. The molecule has 1 aliphatic heterocycles. The first-order valence-electron chi connectivity index (χ1n) is 6.80. The molecular weight excluding hydrogens is 240 g/mol. The Bertz CT molecular complexity index is 430. The van der Waals surface area contributed by atoms with Crippen molar-refractivity contribution in [1.82, 2.24) is 4.90 Å². The fourth-order valence-electron chi connectivity index (χ4n) is 2.44. The van der Waals surface area contributed by atoms with Crippen LogP contribution in [0.1, 0.15) is 24.5 Å². The summed E-state index contributed by atoms with van der Waals surface area (Å²) >= 11 is 0. The fourth-order valence-corrected chi connectivity index (χ4v) is 2.44. The van der Waals surface area contributed by atoms with Gasteiger partial charge in [-0.3, -0.25) is 4.79 Å². The first kappa shape index (κ1) is 14.0. The first-order chi connectivity index (χ1) is 8.99. The van der Waals surface area contributed by atoms with Gasteiger partial charge in [0.25, 0.3) is 0 Å². The number of carboxylic acid groups (broad SMARTS) is 1. The van der Waals surface area contributed by atoms with Gasteiger partial charge in [0.2, 0.25) is 0 Å². The first-order valence-corrected chi connectivity index (χ1v) is 6.80. The Balaban J connectivity index is 1.90. The molecule has 0 spiro atoms. The summed E-state index contributed by atoms with van der Waals surface area (Å²) in [5.41, 5.74) is 7.48. The highest BCUT2D eigenvalue weighted by Crippen LogP contribution is 2.16.